The fourth-order valence-electron chi connectivity index (χ4n) is 1.81. The number of benzene rings is 1. The number of carbonyl (C=O) groups is 1. The number of nitrogens with one attached hydrogen (secondary N) is 2. The van der Waals surface area contributed by atoms with Crippen molar-refractivity contribution in [3.63, 3.8) is 0 Å². The monoisotopic (exact) mass is 334 g/mol. The topological polar surface area (TPSA) is 76.1 Å². The van der Waals surface area contributed by atoms with Gasteiger partial charge in [0, 0.05) is 11.7 Å². The molecular formula is C16H19ClN4O2. The molecule has 0 saturated carbocycles. The predicted molar refractivity (Wildman–Crippen MR) is 91.4 cm³/mol. The van der Waals surface area contributed by atoms with Gasteiger partial charge < -0.3 is 15.4 Å². The van der Waals surface area contributed by atoms with Gasteiger partial charge in [-0.05, 0) is 31.5 Å². The Morgan fingerprint density at radius 1 is 1.35 bits per heavy atom. The molecule has 23 heavy (non-hydrogen) atoms. The van der Waals surface area contributed by atoms with Crippen LogP contribution in [0.1, 0.15) is 30.8 Å². The van der Waals surface area contributed by atoms with Gasteiger partial charge in [0.25, 0.3) is 5.91 Å². The number of rotatable bonds is 6. The van der Waals surface area contributed by atoms with Crippen LogP contribution in [0.4, 0.5) is 11.5 Å². The molecule has 1 amide bonds. The summed E-state index contributed by atoms with van der Waals surface area (Å²) in [5.41, 5.74) is 0.788. The van der Waals surface area contributed by atoms with E-state index in [0.717, 1.165) is 6.42 Å². The number of carbonyl (C=O) groups excluding carboxylic acids is 1. The summed E-state index contributed by atoms with van der Waals surface area (Å²) in [4.78, 5) is 20.5. The fourth-order valence-corrected chi connectivity index (χ4v) is 2.07. The third kappa shape index (κ3) is 4.56. The molecule has 2 rings (SSSR count). The van der Waals surface area contributed by atoms with Crippen molar-refractivity contribution in [2.75, 3.05) is 17.7 Å². The van der Waals surface area contributed by atoms with Gasteiger partial charge in [0.05, 0.1) is 24.5 Å². The zero-order chi connectivity index (χ0) is 16.8. The molecule has 1 aromatic carbocycles. The van der Waals surface area contributed by atoms with Gasteiger partial charge in [-0.25, -0.2) is 9.97 Å². The highest BCUT2D eigenvalue weighted by Gasteiger charge is 2.10. The maximum Gasteiger partial charge on any atom is 0.275 e. The minimum absolute atomic E-state index is 0.228. The lowest BCUT2D eigenvalue weighted by Crippen LogP contribution is -2.17. The highest BCUT2D eigenvalue weighted by molar-refractivity contribution is 6.32. The number of ether oxygens (including phenoxy) is 1. The smallest absolute Gasteiger partial charge is 0.275 e. The second kappa shape index (κ2) is 7.78. The lowest BCUT2D eigenvalue weighted by molar-refractivity contribution is 0.102. The first-order chi connectivity index (χ1) is 11.0. The van der Waals surface area contributed by atoms with E-state index in [1.165, 1.54) is 13.3 Å². The Balaban J connectivity index is 2.04. The van der Waals surface area contributed by atoms with Crippen molar-refractivity contribution in [2.45, 2.75) is 26.3 Å². The van der Waals surface area contributed by atoms with Gasteiger partial charge in [0.1, 0.15) is 17.3 Å². The Labute approximate surface area is 140 Å². The minimum Gasteiger partial charge on any atom is -0.495 e. The highest BCUT2D eigenvalue weighted by Crippen LogP contribution is 2.27. The summed E-state index contributed by atoms with van der Waals surface area (Å²) in [6.07, 6.45) is 3.95. The largest absolute Gasteiger partial charge is 0.495 e. The summed E-state index contributed by atoms with van der Waals surface area (Å²) in [5, 5.41) is 6.33. The van der Waals surface area contributed by atoms with Gasteiger partial charge in [-0.1, -0.05) is 18.5 Å². The molecule has 122 valence electrons. The van der Waals surface area contributed by atoms with Crippen molar-refractivity contribution in [3.05, 3.63) is 41.3 Å². The minimum atomic E-state index is -0.353. The van der Waals surface area contributed by atoms with Gasteiger partial charge in [0.2, 0.25) is 0 Å². The summed E-state index contributed by atoms with van der Waals surface area (Å²) in [5.74, 6) is 0.835. The normalized spacial score (nSPS) is 11.7. The van der Waals surface area contributed by atoms with Crippen LogP contribution < -0.4 is 15.4 Å². The first-order valence-electron chi connectivity index (χ1n) is 7.27. The fraction of sp³-hybridized carbons (Fsp3) is 0.312. The average molecular weight is 335 g/mol. The van der Waals surface area contributed by atoms with Crippen LogP contribution in [-0.2, 0) is 0 Å². The molecule has 1 aromatic heterocycles. The summed E-state index contributed by atoms with van der Waals surface area (Å²) < 4.78 is 5.07. The Kier molecular flexibility index (Phi) is 5.76. The molecule has 1 heterocycles. The Morgan fingerprint density at radius 2 is 2.13 bits per heavy atom. The summed E-state index contributed by atoms with van der Waals surface area (Å²) >= 11 is 6.03. The summed E-state index contributed by atoms with van der Waals surface area (Å²) in [6, 6.07) is 5.30. The van der Waals surface area contributed by atoms with E-state index in [0.29, 0.717) is 28.3 Å². The molecule has 2 aromatic rings. The van der Waals surface area contributed by atoms with Crippen LogP contribution in [0.25, 0.3) is 0 Å². The molecule has 0 aliphatic rings. The Bertz CT molecular complexity index is 676. The van der Waals surface area contributed by atoms with Gasteiger partial charge in [-0.3, -0.25) is 4.79 Å². The van der Waals surface area contributed by atoms with E-state index < -0.39 is 0 Å². The summed E-state index contributed by atoms with van der Waals surface area (Å²) in [7, 11) is 1.53. The number of halogens is 1. The lowest BCUT2D eigenvalue weighted by atomic mass is 10.2. The Hall–Kier alpha value is -2.34. The lowest BCUT2D eigenvalue weighted by Gasteiger charge is -2.11. The van der Waals surface area contributed by atoms with E-state index in [1.54, 1.807) is 24.4 Å². The highest BCUT2D eigenvalue weighted by atomic mass is 35.5. The third-order valence-corrected chi connectivity index (χ3v) is 3.60. The molecule has 0 radical (unpaired) electrons. The molecule has 0 spiro atoms. The predicted octanol–water partition coefficient (Wildman–Crippen LogP) is 3.60. The van der Waals surface area contributed by atoms with Crippen LogP contribution in [0.2, 0.25) is 5.02 Å². The van der Waals surface area contributed by atoms with Crippen molar-refractivity contribution in [3.8, 4) is 5.75 Å². The SMILES string of the molecule is CCC(C)Nc1cnc(C(=O)Nc2ccc(OC)c(Cl)c2)cn1. The Morgan fingerprint density at radius 3 is 2.70 bits per heavy atom. The van der Waals surface area contributed by atoms with E-state index in [9.17, 15) is 4.79 Å². The van der Waals surface area contributed by atoms with Crippen LogP contribution in [0.5, 0.6) is 5.75 Å². The molecule has 6 nitrogen and oxygen atoms in total. The molecule has 0 aliphatic carbocycles. The summed E-state index contributed by atoms with van der Waals surface area (Å²) in [6.45, 7) is 4.13. The number of amides is 1. The molecule has 7 heteroatoms. The van der Waals surface area contributed by atoms with E-state index >= 15 is 0 Å². The maximum atomic E-state index is 12.2. The third-order valence-electron chi connectivity index (χ3n) is 3.30. The second-order valence-electron chi connectivity index (χ2n) is 5.04. The molecule has 0 fully saturated rings. The van der Waals surface area contributed by atoms with Crippen molar-refractivity contribution < 1.29 is 9.53 Å². The van der Waals surface area contributed by atoms with Crippen molar-refractivity contribution in [2.24, 2.45) is 0 Å². The number of methoxy groups -OCH3 is 1. The molecule has 1 unspecified atom stereocenters. The zero-order valence-electron chi connectivity index (χ0n) is 13.3. The first kappa shape index (κ1) is 17.0. The molecular weight excluding hydrogens is 316 g/mol. The quantitative estimate of drug-likeness (QED) is 0.844. The molecule has 2 N–H and O–H groups in total. The van der Waals surface area contributed by atoms with Gasteiger partial charge in [-0.2, -0.15) is 0 Å². The van der Waals surface area contributed by atoms with Gasteiger partial charge >= 0.3 is 0 Å². The number of nitrogens with zero attached hydrogens (tertiary/aromatic N) is 2. The van der Waals surface area contributed by atoms with Crippen LogP contribution in [0.15, 0.2) is 30.6 Å². The maximum absolute atomic E-state index is 12.2. The van der Waals surface area contributed by atoms with E-state index in [-0.39, 0.29) is 11.6 Å². The number of hydrogen-bond acceptors (Lipinski definition) is 5. The van der Waals surface area contributed by atoms with Crippen LogP contribution in [-0.4, -0.2) is 29.0 Å². The van der Waals surface area contributed by atoms with Crippen molar-refractivity contribution >= 4 is 29.0 Å². The van der Waals surface area contributed by atoms with Crippen LogP contribution in [0.3, 0.4) is 0 Å². The van der Waals surface area contributed by atoms with Crippen molar-refractivity contribution in [1.29, 1.82) is 0 Å². The first-order valence-corrected chi connectivity index (χ1v) is 7.64. The molecule has 1 atom stereocenters. The number of anilines is 2. The van der Waals surface area contributed by atoms with E-state index in [4.69, 9.17) is 16.3 Å². The van der Waals surface area contributed by atoms with Crippen molar-refractivity contribution in [1.82, 2.24) is 9.97 Å². The van der Waals surface area contributed by atoms with Gasteiger partial charge in [-0.15, -0.1) is 0 Å². The number of aromatic nitrogens is 2. The molecule has 0 saturated heterocycles. The van der Waals surface area contributed by atoms with Crippen LogP contribution in [0, 0.1) is 0 Å². The number of hydrogen-bond donors (Lipinski definition) is 2. The molecule has 0 aliphatic heterocycles. The van der Waals surface area contributed by atoms with Gasteiger partial charge in [0.15, 0.2) is 0 Å². The van der Waals surface area contributed by atoms with E-state index in [2.05, 4.69) is 34.4 Å². The van der Waals surface area contributed by atoms with Crippen LogP contribution >= 0.6 is 11.6 Å². The zero-order valence-corrected chi connectivity index (χ0v) is 14.0. The van der Waals surface area contributed by atoms with E-state index in [1.807, 2.05) is 0 Å². The standard InChI is InChI=1S/C16H19ClN4O2/c1-4-10(2)20-15-9-18-13(8-19-15)16(22)21-11-5-6-14(23-3)12(17)7-11/h5-10H,4H2,1-3H3,(H,19,20)(H,21,22). The average Bonchev–Trinajstić information content (AvgIpc) is 2.55. The molecule has 0 bridgehead atoms. The second-order valence-corrected chi connectivity index (χ2v) is 5.45.